The molecule has 0 N–H and O–H groups in total. The largest absolute Gasteiger partial charge is 0.341 e. The number of carbonyl (C=O) groups excluding carboxylic acids is 1. The molecule has 1 atom stereocenters. The first-order valence-electron chi connectivity index (χ1n) is 7.41. The van der Waals surface area contributed by atoms with Gasteiger partial charge in [-0.3, -0.25) is 9.48 Å². The average Bonchev–Trinajstić information content (AvgIpc) is 3.22. The normalized spacial score (nSPS) is 17.9. The monoisotopic (exact) mass is 288 g/mol. The van der Waals surface area contributed by atoms with Crippen molar-refractivity contribution in [1.29, 1.82) is 0 Å². The lowest BCUT2D eigenvalue weighted by Crippen LogP contribution is -2.42. The summed E-state index contributed by atoms with van der Waals surface area (Å²) in [5, 5.41) is 11.9. The Balaban J connectivity index is 1.62. The fraction of sp³-hybridized carbons (Fsp3) is 0.571. The molecule has 1 aliphatic heterocycles. The van der Waals surface area contributed by atoms with Crippen molar-refractivity contribution in [3.63, 3.8) is 0 Å². The highest BCUT2D eigenvalue weighted by molar-refractivity contribution is 5.80. The molecule has 0 bridgehead atoms. The summed E-state index contributed by atoms with van der Waals surface area (Å²) >= 11 is 0. The minimum absolute atomic E-state index is 0.170. The second kappa shape index (κ2) is 6.07. The number of hydrogen-bond donors (Lipinski definition) is 0. The van der Waals surface area contributed by atoms with Crippen LogP contribution < -0.4 is 0 Å². The van der Waals surface area contributed by atoms with Crippen molar-refractivity contribution in [3.8, 4) is 0 Å². The molecule has 3 heterocycles. The van der Waals surface area contributed by atoms with E-state index in [4.69, 9.17) is 0 Å². The summed E-state index contributed by atoms with van der Waals surface area (Å²) in [7, 11) is 0. The maximum absolute atomic E-state index is 12.7. The van der Waals surface area contributed by atoms with E-state index in [9.17, 15) is 4.79 Å². The van der Waals surface area contributed by atoms with E-state index in [1.54, 1.807) is 23.5 Å². The van der Waals surface area contributed by atoms with Gasteiger partial charge in [0.1, 0.15) is 18.7 Å². The van der Waals surface area contributed by atoms with Gasteiger partial charge in [0.25, 0.3) is 0 Å². The van der Waals surface area contributed by atoms with E-state index in [-0.39, 0.29) is 11.9 Å². The lowest BCUT2D eigenvalue weighted by molar-refractivity contribution is -0.136. The fourth-order valence-electron chi connectivity index (χ4n) is 2.93. The molecule has 1 saturated heterocycles. The zero-order chi connectivity index (χ0) is 14.7. The Hall–Kier alpha value is -2.18. The molecule has 2 aromatic rings. The third kappa shape index (κ3) is 2.81. The van der Waals surface area contributed by atoms with Gasteiger partial charge in [-0.15, -0.1) is 10.2 Å². The first-order chi connectivity index (χ1) is 10.3. The van der Waals surface area contributed by atoms with Gasteiger partial charge in [0.2, 0.25) is 5.91 Å². The topological polar surface area (TPSA) is 68.8 Å². The Morgan fingerprint density at radius 1 is 1.29 bits per heavy atom. The van der Waals surface area contributed by atoms with Crippen LogP contribution in [0.4, 0.5) is 0 Å². The molecule has 0 unspecified atom stereocenters. The van der Waals surface area contributed by atoms with Gasteiger partial charge in [-0.25, -0.2) is 0 Å². The number of aromatic nitrogens is 5. The Labute approximate surface area is 123 Å². The second-order valence-corrected chi connectivity index (χ2v) is 5.38. The van der Waals surface area contributed by atoms with Gasteiger partial charge in [0, 0.05) is 31.5 Å². The van der Waals surface area contributed by atoms with Crippen LogP contribution >= 0.6 is 0 Å². The van der Waals surface area contributed by atoms with Crippen molar-refractivity contribution in [2.45, 2.75) is 38.3 Å². The standard InChI is InChI=1S/C14H20N6O/c1-2-13(20-7-3-6-17-20)14(21)18-8-4-12(5-9-18)19-10-15-16-11-19/h3,6-7,10-13H,2,4-5,8-9H2,1H3/t13-/m1/s1. The van der Waals surface area contributed by atoms with E-state index in [1.165, 1.54) is 0 Å². The van der Waals surface area contributed by atoms with Gasteiger partial charge in [0.15, 0.2) is 0 Å². The molecule has 3 rings (SSSR count). The van der Waals surface area contributed by atoms with Crippen molar-refractivity contribution in [2.24, 2.45) is 0 Å². The summed E-state index contributed by atoms with van der Waals surface area (Å²) in [6.45, 7) is 3.58. The summed E-state index contributed by atoms with van der Waals surface area (Å²) in [6.07, 6.45) is 9.72. The van der Waals surface area contributed by atoms with Gasteiger partial charge >= 0.3 is 0 Å². The van der Waals surface area contributed by atoms with E-state index in [2.05, 4.69) is 15.3 Å². The lowest BCUT2D eigenvalue weighted by atomic mass is 10.0. The third-order valence-electron chi connectivity index (χ3n) is 4.15. The van der Waals surface area contributed by atoms with Gasteiger partial charge < -0.3 is 9.47 Å². The number of rotatable bonds is 4. The van der Waals surface area contributed by atoms with E-state index in [0.717, 1.165) is 32.4 Å². The van der Waals surface area contributed by atoms with Crippen LogP contribution in [0.25, 0.3) is 0 Å². The molecule has 1 fully saturated rings. The zero-order valence-electron chi connectivity index (χ0n) is 12.2. The van der Waals surface area contributed by atoms with Crippen molar-refractivity contribution in [1.82, 2.24) is 29.4 Å². The van der Waals surface area contributed by atoms with Crippen LogP contribution in [0.3, 0.4) is 0 Å². The van der Waals surface area contributed by atoms with E-state index in [1.807, 2.05) is 28.7 Å². The molecule has 2 aromatic heterocycles. The van der Waals surface area contributed by atoms with Crippen LogP contribution in [0.2, 0.25) is 0 Å². The van der Waals surface area contributed by atoms with Crippen molar-refractivity contribution in [3.05, 3.63) is 31.1 Å². The molecule has 1 aliphatic rings. The first kappa shape index (κ1) is 13.8. The summed E-state index contributed by atoms with van der Waals surface area (Å²) in [5.41, 5.74) is 0. The van der Waals surface area contributed by atoms with E-state index >= 15 is 0 Å². The molecular weight excluding hydrogens is 268 g/mol. The van der Waals surface area contributed by atoms with E-state index < -0.39 is 0 Å². The van der Waals surface area contributed by atoms with Crippen LogP contribution in [-0.2, 0) is 4.79 Å². The predicted octanol–water partition coefficient (Wildman–Crippen LogP) is 1.29. The van der Waals surface area contributed by atoms with Crippen LogP contribution in [0.5, 0.6) is 0 Å². The number of hydrogen-bond acceptors (Lipinski definition) is 4. The van der Waals surface area contributed by atoms with Crippen molar-refractivity contribution >= 4 is 5.91 Å². The zero-order valence-corrected chi connectivity index (χ0v) is 12.2. The summed E-state index contributed by atoms with van der Waals surface area (Å²) in [6, 6.07) is 2.06. The molecule has 0 spiro atoms. The highest BCUT2D eigenvalue weighted by atomic mass is 16.2. The average molecular weight is 288 g/mol. The molecular formula is C14H20N6O. The molecule has 0 aromatic carbocycles. The third-order valence-corrected chi connectivity index (χ3v) is 4.15. The predicted molar refractivity (Wildman–Crippen MR) is 76.4 cm³/mol. The first-order valence-corrected chi connectivity index (χ1v) is 7.41. The number of carbonyl (C=O) groups is 1. The van der Waals surface area contributed by atoms with Gasteiger partial charge in [-0.2, -0.15) is 5.10 Å². The lowest BCUT2D eigenvalue weighted by Gasteiger charge is -2.34. The van der Waals surface area contributed by atoms with E-state index in [0.29, 0.717) is 6.04 Å². The van der Waals surface area contributed by atoms with Crippen LogP contribution in [-0.4, -0.2) is 48.4 Å². The summed E-state index contributed by atoms with van der Waals surface area (Å²) in [4.78, 5) is 14.6. The molecule has 21 heavy (non-hydrogen) atoms. The quantitative estimate of drug-likeness (QED) is 0.850. The minimum Gasteiger partial charge on any atom is -0.341 e. The Bertz CT molecular complexity index is 556. The van der Waals surface area contributed by atoms with Crippen molar-refractivity contribution < 1.29 is 4.79 Å². The van der Waals surface area contributed by atoms with Gasteiger partial charge in [-0.05, 0) is 25.3 Å². The van der Waals surface area contributed by atoms with Crippen LogP contribution in [0, 0.1) is 0 Å². The van der Waals surface area contributed by atoms with Gasteiger partial charge in [0.05, 0.1) is 0 Å². The summed E-state index contributed by atoms with van der Waals surface area (Å²) in [5.74, 6) is 0.170. The van der Waals surface area contributed by atoms with Crippen LogP contribution in [0.15, 0.2) is 31.1 Å². The minimum atomic E-state index is -0.188. The molecule has 7 nitrogen and oxygen atoms in total. The Morgan fingerprint density at radius 3 is 2.57 bits per heavy atom. The molecule has 0 radical (unpaired) electrons. The Morgan fingerprint density at radius 2 is 2.00 bits per heavy atom. The van der Waals surface area contributed by atoms with Crippen LogP contribution in [0.1, 0.15) is 38.3 Å². The molecule has 0 aliphatic carbocycles. The number of piperidine rings is 1. The highest BCUT2D eigenvalue weighted by Crippen LogP contribution is 2.24. The molecule has 1 amide bonds. The number of amides is 1. The maximum atomic E-state index is 12.7. The van der Waals surface area contributed by atoms with Crippen molar-refractivity contribution in [2.75, 3.05) is 13.1 Å². The maximum Gasteiger partial charge on any atom is 0.247 e. The Kier molecular flexibility index (Phi) is 3.98. The SMILES string of the molecule is CC[C@H](C(=O)N1CCC(n2cnnc2)CC1)n1cccn1. The second-order valence-electron chi connectivity index (χ2n) is 5.38. The molecule has 7 heteroatoms. The molecule has 0 saturated carbocycles. The summed E-state index contributed by atoms with van der Waals surface area (Å²) < 4.78 is 3.79. The number of nitrogens with zero attached hydrogens (tertiary/aromatic N) is 6. The van der Waals surface area contributed by atoms with Gasteiger partial charge in [-0.1, -0.05) is 6.92 Å². The fourth-order valence-corrected chi connectivity index (χ4v) is 2.93. The smallest absolute Gasteiger partial charge is 0.247 e. The highest BCUT2D eigenvalue weighted by Gasteiger charge is 2.29. The number of likely N-dealkylation sites (tertiary alicyclic amines) is 1. The molecule has 112 valence electrons.